The quantitative estimate of drug-likeness (QED) is 0.829. The number of aryl methyl sites for hydroxylation is 1. The number of thiophene rings is 1. The lowest BCUT2D eigenvalue weighted by molar-refractivity contribution is 0.469. The Hall–Kier alpha value is -1.37. The Morgan fingerprint density at radius 1 is 1.24 bits per heavy atom. The number of nitrogen functional groups attached to an aromatic ring is 1. The number of rotatable bonds is 5. The van der Waals surface area contributed by atoms with Crippen molar-refractivity contribution in [3.8, 4) is 0 Å². The summed E-state index contributed by atoms with van der Waals surface area (Å²) in [6.07, 6.45) is 0. The van der Waals surface area contributed by atoms with Gasteiger partial charge in [0.05, 0.1) is 10.9 Å². The van der Waals surface area contributed by atoms with E-state index in [1.54, 1.807) is 30.4 Å². The molecule has 1 aromatic carbocycles. The summed E-state index contributed by atoms with van der Waals surface area (Å²) in [6, 6.07) is 8.41. The number of hydrogen-bond acceptors (Lipinski definition) is 4. The van der Waals surface area contributed by atoms with Gasteiger partial charge in [0.15, 0.2) is 0 Å². The molecule has 0 saturated carbocycles. The molecule has 4 nitrogen and oxygen atoms in total. The molecule has 1 atom stereocenters. The molecule has 1 heterocycles. The third-order valence-electron chi connectivity index (χ3n) is 3.35. The van der Waals surface area contributed by atoms with Crippen molar-refractivity contribution in [1.29, 1.82) is 0 Å². The minimum atomic E-state index is -3.57. The van der Waals surface area contributed by atoms with E-state index in [9.17, 15) is 8.42 Å². The van der Waals surface area contributed by atoms with E-state index in [1.165, 1.54) is 6.07 Å². The summed E-state index contributed by atoms with van der Waals surface area (Å²) in [4.78, 5) is 1.26. The summed E-state index contributed by atoms with van der Waals surface area (Å²) in [5.41, 5.74) is 7.09. The number of nitrogens with two attached hydrogens (primary N) is 1. The van der Waals surface area contributed by atoms with Crippen LogP contribution in [0.5, 0.6) is 0 Å². The molecule has 0 radical (unpaired) electrons. The molecule has 0 aliphatic rings. The average molecular weight is 324 g/mol. The van der Waals surface area contributed by atoms with Crippen LogP contribution in [0.3, 0.4) is 0 Å². The number of benzene rings is 1. The third kappa shape index (κ3) is 3.64. The van der Waals surface area contributed by atoms with Gasteiger partial charge >= 0.3 is 0 Å². The highest BCUT2D eigenvalue weighted by Crippen LogP contribution is 2.28. The first-order valence-corrected chi connectivity index (χ1v) is 9.09. The minimum absolute atomic E-state index is 0.160. The zero-order valence-electron chi connectivity index (χ0n) is 12.3. The molecule has 21 heavy (non-hydrogen) atoms. The highest BCUT2D eigenvalue weighted by Gasteiger charge is 2.24. The van der Waals surface area contributed by atoms with Crippen LogP contribution in [0.1, 0.15) is 30.3 Å². The zero-order valence-corrected chi connectivity index (χ0v) is 14.0. The minimum Gasteiger partial charge on any atom is -0.399 e. The van der Waals surface area contributed by atoms with E-state index >= 15 is 0 Å². The van der Waals surface area contributed by atoms with Crippen molar-refractivity contribution in [3.63, 3.8) is 0 Å². The van der Waals surface area contributed by atoms with E-state index in [4.69, 9.17) is 5.73 Å². The van der Waals surface area contributed by atoms with Crippen molar-refractivity contribution < 1.29 is 8.42 Å². The van der Waals surface area contributed by atoms with Crippen LogP contribution >= 0.6 is 11.3 Å². The van der Waals surface area contributed by atoms with Gasteiger partial charge in [-0.15, -0.1) is 11.3 Å². The first kappa shape index (κ1) is 16.0. The topological polar surface area (TPSA) is 72.2 Å². The molecular weight excluding hydrogens is 304 g/mol. The second-order valence-corrected chi connectivity index (χ2v) is 8.07. The normalized spacial score (nSPS) is 13.5. The summed E-state index contributed by atoms with van der Waals surface area (Å²) >= 11 is 1.55. The van der Waals surface area contributed by atoms with Crippen LogP contribution in [-0.2, 0) is 10.0 Å². The van der Waals surface area contributed by atoms with Gasteiger partial charge in [-0.1, -0.05) is 19.9 Å². The zero-order chi connectivity index (χ0) is 15.6. The molecule has 6 heteroatoms. The van der Waals surface area contributed by atoms with E-state index in [0.29, 0.717) is 5.69 Å². The molecule has 1 aromatic heterocycles. The fraction of sp³-hybridized carbons (Fsp3) is 0.333. The molecular formula is C15H20N2O2S2. The predicted molar refractivity (Wildman–Crippen MR) is 87.8 cm³/mol. The van der Waals surface area contributed by atoms with Gasteiger partial charge in [0, 0.05) is 10.6 Å². The predicted octanol–water partition coefficient (Wildman–Crippen LogP) is 3.31. The van der Waals surface area contributed by atoms with Crippen LogP contribution in [0.4, 0.5) is 5.69 Å². The second-order valence-electron chi connectivity index (χ2n) is 5.38. The van der Waals surface area contributed by atoms with Crippen molar-refractivity contribution in [2.24, 2.45) is 5.92 Å². The first-order valence-electron chi connectivity index (χ1n) is 6.73. The Balaban J connectivity index is 2.32. The van der Waals surface area contributed by atoms with Crippen molar-refractivity contribution in [2.75, 3.05) is 5.73 Å². The maximum absolute atomic E-state index is 12.6. The van der Waals surface area contributed by atoms with Gasteiger partial charge < -0.3 is 5.73 Å². The summed E-state index contributed by atoms with van der Waals surface area (Å²) in [6.45, 7) is 5.80. The molecule has 2 rings (SSSR count). The second kappa shape index (κ2) is 6.17. The number of anilines is 1. The van der Waals surface area contributed by atoms with Gasteiger partial charge in [-0.2, -0.15) is 0 Å². The standard InChI is InChI=1S/C15H20N2O2S2/c1-10(2)15(14-5-4-8-20-14)17-21(18,19)12-6-7-13(16)11(3)9-12/h4-10,15,17H,16H2,1-3H3. The van der Waals surface area contributed by atoms with Crippen molar-refractivity contribution in [2.45, 2.75) is 31.7 Å². The summed E-state index contributed by atoms with van der Waals surface area (Å²) < 4.78 is 27.9. The Morgan fingerprint density at radius 3 is 2.48 bits per heavy atom. The fourth-order valence-corrected chi connectivity index (χ4v) is 4.51. The smallest absolute Gasteiger partial charge is 0.241 e. The van der Waals surface area contributed by atoms with Gasteiger partial charge in [-0.3, -0.25) is 0 Å². The Labute approximate surface area is 130 Å². The van der Waals surface area contributed by atoms with Gasteiger partial charge in [0.25, 0.3) is 0 Å². The maximum atomic E-state index is 12.6. The third-order valence-corrected chi connectivity index (χ3v) is 5.74. The number of sulfonamides is 1. The average Bonchev–Trinajstić information content (AvgIpc) is 2.92. The van der Waals surface area contributed by atoms with Crippen LogP contribution < -0.4 is 10.5 Å². The highest BCUT2D eigenvalue weighted by atomic mass is 32.2. The molecule has 0 spiro atoms. The summed E-state index contributed by atoms with van der Waals surface area (Å²) in [5, 5.41) is 1.95. The van der Waals surface area contributed by atoms with Gasteiger partial charge in [0.1, 0.15) is 0 Å². The molecule has 0 saturated heterocycles. The van der Waals surface area contributed by atoms with Gasteiger partial charge in [-0.05, 0) is 48.1 Å². The highest BCUT2D eigenvalue weighted by molar-refractivity contribution is 7.89. The molecule has 3 N–H and O–H groups in total. The molecule has 2 aromatic rings. The lowest BCUT2D eigenvalue weighted by Gasteiger charge is -2.21. The lowest BCUT2D eigenvalue weighted by Crippen LogP contribution is -2.31. The molecule has 0 aliphatic carbocycles. The fourth-order valence-electron chi connectivity index (χ4n) is 2.04. The van der Waals surface area contributed by atoms with Crippen LogP contribution in [0.25, 0.3) is 0 Å². The van der Waals surface area contributed by atoms with E-state index in [2.05, 4.69) is 4.72 Å². The van der Waals surface area contributed by atoms with Gasteiger partial charge in [0.2, 0.25) is 10.0 Å². The SMILES string of the molecule is Cc1cc(S(=O)(=O)NC(c2cccs2)C(C)C)ccc1N. The summed E-state index contributed by atoms with van der Waals surface area (Å²) in [7, 11) is -3.57. The van der Waals surface area contributed by atoms with Crippen LogP contribution in [0.2, 0.25) is 0 Å². The lowest BCUT2D eigenvalue weighted by atomic mass is 10.0. The Bertz CT molecular complexity index is 707. The Morgan fingerprint density at radius 2 is 1.95 bits per heavy atom. The van der Waals surface area contributed by atoms with Crippen LogP contribution in [-0.4, -0.2) is 8.42 Å². The largest absolute Gasteiger partial charge is 0.399 e. The van der Waals surface area contributed by atoms with Crippen LogP contribution in [0.15, 0.2) is 40.6 Å². The Kier molecular flexibility index (Phi) is 4.70. The number of hydrogen-bond donors (Lipinski definition) is 2. The molecule has 114 valence electrons. The van der Waals surface area contributed by atoms with E-state index in [1.807, 2.05) is 31.4 Å². The molecule has 0 fully saturated rings. The van der Waals surface area contributed by atoms with E-state index < -0.39 is 10.0 Å². The molecule has 1 unspecified atom stereocenters. The van der Waals surface area contributed by atoms with E-state index in [0.717, 1.165) is 10.4 Å². The van der Waals surface area contributed by atoms with Crippen molar-refractivity contribution in [1.82, 2.24) is 4.72 Å². The molecule has 0 amide bonds. The first-order chi connectivity index (χ1) is 9.81. The van der Waals surface area contributed by atoms with Crippen LogP contribution in [0, 0.1) is 12.8 Å². The van der Waals surface area contributed by atoms with E-state index in [-0.39, 0.29) is 16.9 Å². The summed E-state index contributed by atoms with van der Waals surface area (Å²) in [5.74, 6) is 0.160. The number of nitrogens with one attached hydrogen (secondary N) is 1. The molecule has 0 aliphatic heterocycles. The maximum Gasteiger partial charge on any atom is 0.241 e. The van der Waals surface area contributed by atoms with Crippen molar-refractivity contribution in [3.05, 3.63) is 46.2 Å². The van der Waals surface area contributed by atoms with Crippen molar-refractivity contribution >= 4 is 27.0 Å². The van der Waals surface area contributed by atoms with Gasteiger partial charge in [-0.25, -0.2) is 13.1 Å². The monoisotopic (exact) mass is 324 g/mol. The molecule has 0 bridgehead atoms.